The van der Waals surface area contributed by atoms with E-state index in [1.165, 1.54) is 12.1 Å². The number of phenolic OH excluding ortho intramolecular Hbond substituents is 1. The first kappa shape index (κ1) is 9.85. The lowest BCUT2D eigenvalue weighted by molar-refractivity contribution is 0.477. The normalized spacial score (nSPS) is 11.5. The quantitative estimate of drug-likeness (QED) is 0.540. The van der Waals surface area contributed by atoms with E-state index in [0.717, 1.165) is 6.26 Å². The van der Waals surface area contributed by atoms with E-state index < -0.39 is 9.84 Å². The van der Waals surface area contributed by atoms with Crippen LogP contribution in [0, 0.1) is 0 Å². The van der Waals surface area contributed by atoms with E-state index in [-0.39, 0.29) is 17.2 Å². The number of hydrogen-bond donors (Lipinski definition) is 2. The topological polar surface area (TPSA) is 80.4 Å². The van der Waals surface area contributed by atoms with Crippen molar-refractivity contribution in [1.82, 2.24) is 0 Å². The summed E-state index contributed by atoms with van der Waals surface area (Å²) in [5.74, 6) is -0.165. The molecule has 0 atom stereocenters. The third-order valence-corrected chi connectivity index (χ3v) is 2.38. The fourth-order valence-electron chi connectivity index (χ4n) is 0.982. The molecule has 0 aromatic heterocycles. The molecule has 0 aliphatic rings. The van der Waals surface area contributed by atoms with Crippen LogP contribution < -0.4 is 5.73 Å². The lowest BCUT2D eigenvalue weighted by Gasteiger charge is -2.02. The number of sulfone groups is 1. The zero-order valence-electron chi connectivity index (χ0n) is 7.19. The third-order valence-electron chi connectivity index (χ3n) is 1.52. The predicted octanol–water partition coefficient (Wildman–Crippen LogP) is 0.519. The summed E-state index contributed by atoms with van der Waals surface area (Å²) in [7, 11) is -3.06. The lowest BCUT2D eigenvalue weighted by Crippen LogP contribution is -2.00. The lowest BCUT2D eigenvalue weighted by atomic mass is 10.2. The van der Waals surface area contributed by atoms with Crippen LogP contribution >= 0.6 is 0 Å². The van der Waals surface area contributed by atoms with Crippen LogP contribution in [0.25, 0.3) is 0 Å². The van der Waals surface area contributed by atoms with Gasteiger partial charge in [0.2, 0.25) is 0 Å². The summed E-state index contributed by atoms with van der Waals surface area (Å²) in [6.45, 7) is 0. The van der Waals surface area contributed by atoms with Crippen LogP contribution in [0.15, 0.2) is 18.2 Å². The molecule has 0 unspecified atom stereocenters. The molecule has 13 heavy (non-hydrogen) atoms. The molecular formula is C8H11NO3S. The molecule has 0 bridgehead atoms. The minimum Gasteiger partial charge on any atom is -0.506 e. The fraction of sp³-hybridized carbons (Fsp3) is 0.250. The molecule has 4 nitrogen and oxygen atoms in total. The predicted molar refractivity (Wildman–Crippen MR) is 51.1 cm³/mol. The monoisotopic (exact) mass is 201 g/mol. The van der Waals surface area contributed by atoms with Gasteiger partial charge in [0.1, 0.15) is 5.75 Å². The molecule has 0 spiro atoms. The van der Waals surface area contributed by atoms with Gasteiger partial charge in [-0.1, -0.05) is 6.07 Å². The summed E-state index contributed by atoms with van der Waals surface area (Å²) in [5.41, 5.74) is 6.14. The van der Waals surface area contributed by atoms with Crippen LogP contribution in [0.3, 0.4) is 0 Å². The first-order valence-corrected chi connectivity index (χ1v) is 5.69. The van der Waals surface area contributed by atoms with Crippen LogP contribution in [0.5, 0.6) is 5.75 Å². The number of phenols is 1. The molecule has 0 saturated heterocycles. The van der Waals surface area contributed by atoms with Gasteiger partial charge in [-0.05, 0) is 17.7 Å². The van der Waals surface area contributed by atoms with E-state index in [4.69, 9.17) is 5.73 Å². The second-order valence-corrected chi connectivity index (χ2v) is 5.10. The highest BCUT2D eigenvalue weighted by Crippen LogP contribution is 2.21. The Labute approximate surface area is 76.9 Å². The minimum atomic E-state index is -3.06. The van der Waals surface area contributed by atoms with Gasteiger partial charge in [-0.3, -0.25) is 0 Å². The summed E-state index contributed by atoms with van der Waals surface area (Å²) in [4.78, 5) is 0. The highest BCUT2D eigenvalue weighted by molar-refractivity contribution is 7.89. The van der Waals surface area contributed by atoms with Crippen LogP contribution in [0.1, 0.15) is 5.56 Å². The van der Waals surface area contributed by atoms with Gasteiger partial charge in [0.05, 0.1) is 11.4 Å². The minimum absolute atomic E-state index is 0.0823. The Hall–Kier alpha value is -1.23. The van der Waals surface area contributed by atoms with Crippen molar-refractivity contribution in [3.05, 3.63) is 23.8 Å². The summed E-state index contributed by atoms with van der Waals surface area (Å²) in [6.07, 6.45) is 1.14. The maximum Gasteiger partial charge on any atom is 0.151 e. The maximum atomic E-state index is 10.9. The highest BCUT2D eigenvalue weighted by atomic mass is 32.2. The first-order chi connectivity index (χ1) is 5.88. The molecule has 1 aromatic carbocycles. The van der Waals surface area contributed by atoms with Crippen molar-refractivity contribution in [3.63, 3.8) is 0 Å². The highest BCUT2D eigenvalue weighted by Gasteiger charge is 2.05. The van der Waals surface area contributed by atoms with Crippen molar-refractivity contribution in [3.8, 4) is 5.75 Å². The Morgan fingerprint density at radius 3 is 2.54 bits per heavy atom. The average Bonchev–Trinajstić information content (AvgIpc) is 1.94. The van der Waals surface area contributed by atoms with Crippen molar-refractivity contribution in [2.45, 2.75) is 5.75 Å². The Morgan fingerprint density at radius 2 is 2.08 bits per heavy atom. The van der Waals surface area contributed by atoms with E-state index in [1.807, 2.05) is 0 Å². The number of benzene rings is 1. The van der Waals surface area contributed by atoms with Crippen molar-refractivity contribution in [2.75, 3.05) is 12.0 Å². The largest absolute Gasteiger partial charge is 0.506 e. The van der Waals surface area contributed by atoms with Gasteiger partial charge in [-0.2, -0.15) is 0 Å². The number of hydrogen-bond acceptors (Lipinski definition) is 4. The van der Waals surface area contributed by atoms with Crippen molar-refractivity contribution in [1.29, 1.82) is 0 Å². The standard InChI is InChI=1S/C8H11NO3S/c1-13(11,12)5-6-2-3-7(9)8(10)4-6/h2-4,10H,5,9H2,1H3. The molecule has 0 fully saturated rings. The second kappa shape index (κ2) is 3.26. The van der Waals surface area contributed by atoms with Crippen LogP contribution in [0.4, 0.5) is 5.69 Å². The van der Waals surface area contributed by atoms with E-state index in [9.17, 15) is 13.5 Å². The molecule has 5 heteroatoms. The Morgan fingerprint density at radius 1 is 1.46 bits per heavy atom. The number of nitrogens with two attached hydrogens (primary N) is 1. The summed E-state index contributed by atoms with van der Waals surface area (Å²) >= 11 is 0. The molecule has 1 aromatic rings. The fourth-order valence-corrected chi connectivity index (χ4v) is 1.77. The number of aromatic hydroxyl groups is 1. The molecular weight excluding hydrogens is 190 g/mol. The van der Waals surface area contributed by atoms with Gasteiger partial charge in [-0.25, -0.2) is 8.42 Å². The van der Waals surface area contributed by atoms with Crippen molar-refractivity contribution < 1.29 is 13.5 Å². The van der Waals surface area contributed by atoms with E-state index in [1.54, 1.807) is 6.07 Å². The molecule has 0 aliphatic carbocycles. The van der Waals surface area contributed by atoms with Crippen LogP contribution in [-0.2, 0) is 15.6 Å². The second-order valence-electron chi connectivity index (χ2n) is 2.96. The molecule has 0 amide bonds. The number of nitrogen functional groups attached to an aromatic ring is 1. The summed E-state index contributed by atoms with van der Waals surface area (Å²) in [5, 5.41) is 9.18. The Balaban J connectivity index is 2.99. The van der Waals surface area contributed by atoms with Crippen LogP contribution in [0.2, 0.25) is 0 Å². The van der Waals surface area contributed by atoms with Gasteiger partial charge >= 0.3 is 0 Å². The van der Waals surface area contributed by atoms with E-state index >= 15 is 0 Å². The number of rotatable bonds is 2. The third kappa shape index (κ3) is 2.95. The smallest absolute Gasteiger partial charge is 0.151 e. The van der Waals surface area contributed by atoms with E-state index in [2.05, 4.69) is 0 Å². The van der Waals surface area contributed by atoms with Gasteiger partial charge in [0.25, 0.3) is 0 Å². The summed E-state index contributed by atoms with van der Waals surface area (Å²) in [6, 6.07) is 4.42. The molecule has 72 valence electrons. The van der Waals surface area contributed by atoms with Gasteiger partial charge in [0.15, 0.2) is 9.84 Å². The van der Waals surface area contributed by atoms with Gasteiger partial charge in [0, 0.05) is 6.26 Å². The zero-order valence-corrected chi connectivity index (χ0v) is 8.00. The number of anilines is 1. The molecule has 1 rings (SSSR count). The van der Waals surface area contributed by atoms with Crippen molar-refractivity contribution >= 4 is 15.5 Å². The van der Waals surface area contributed by atoms with E-state index in [0.29, 0.717) is 5.56 Å². The zero-order chi connectivity index (χ0) is 10.1. The molecule has 0 aliphatic heterocycles. The molecule has 3 N–H and O–H groups in total. The molecule has 0 radical (unpaired) electrons. The SMILES string of the molecule is CS(=O)(=O)Cc1ccc(N)c(O)c1. The van der Waals surface area contributed by atoms with Crippen molar-refractivity contribution in [2.24, 2.45) is 0 Å². The van der Waals surface area contributed by atoms with Gasteiger partial charge < -0.3 is 10.8 Å². The molecule has 0 heterocycles. The molecule has 0 saturated carbocycles. The van der Waals surface area contributed by atoms with Crippen LogP contribution in [-0.4, -0.2) is 19.8 Å². The summed E-state index contributed by atoms with van der Waals surface area (Å²) < 4.78 is 21.8. The van der Waals surface area contributed by atoms with Gasteiger partial charge in [-0.15, -0.1) is 0 Å². The first-order valence-electron chi connectivity index (χ1n) is 3.63. The maximum absolute atomic E-state index is 10.9. The Bertz CT molecular complexity index is 411. The average molecular weight is 201 g/mol. The Kier molecular flexibility index (Phi) is 2.47.